The van der Waals surface area contributed by atoms with Gasteiger partial charge in [0, 0.05) is 35.0 Å². The van der Waals surface area contributed by atoms with Crippen molar-refractivity contribution >= 4 is 22.9 Å². The first-order valence-electron chi connectivity index (χ1n) is 8.47. The van der Waals surface area contributed by atoms with E-state index in [2.05, 4.69) is 29.7 Å². The summed E-state index contributed by atoms with van der Waals surface area (Å²) in [6.45, 7) is 4.35. The Labute approximate surface area is 156 Å². The maximum atomic E-state index is 13.0. The lowest BCUT2D eigenvalue weighted by Crippen LogP contribution is -2.17. The molecular weight excluding hydrogens is 347 g/mol. The molecule has 2 aromatic carbocycles. The van der Waals surface area contributed by atoms with Gasteiger partial charge >= 0.3 is 0 Å². The lowest BCUT2D eigenvalue weighted by Gasteiger charge is -2.15. The van der Waals surface area contributed by atoms with Crippen molar-refractivity contribution in [2.75, 3.05) is 5.32 Å². The molecule has 3 nitrogen and oxygen atoms in total. The first-order chi connectivity index (χ1) is 12.5. The number of hydrogen-bond acceptors (Lipinski definition) is 3. The highest BCUT2D eigenvalue weighted by molar-refractivity contribution is 7.15. The normalized spacial score (nSPS) is 12.0. The van der Waals surface area contributed by atoms with Crippen molar-refractivity contribution in [2.45, 2.75) is 26.4 Å². The summed E-state index contributed by atoms with van der Waals surface area (Å²) >= 11 is 1.70. The van der Waals surface area contributed by atoms with Gasteiger partial charge in [-0.2, -0.15) is 0 Å². The molecule has 0 spiro atoms. The Morgan fingerprint density at radius 3 is 2.62 bits per heavy atom. The van der Waals surface area contributed by atoms with Crippen LogP contribution in [-0.4, -0.2) is 5.91 Å². The second kappa shape index (κ2) is 8.25. The molecule has 0 aliphatic carbocycles. The summed E-state index contributed by atoms with van der Waals surface area (Å²) < 4.78 is 13.0. The first kappa shape index (κ1) is 18.3. The average Bonchev–Trinajstić information content (AvgIpc) is 3.09. The van der Waals surface area contributed by atoms with Gasteiger partial charge in [0.1, 0.15) is 5.82 Å². The molecule has 0 saturated heterocycles. The van der Waals surface area contributed by atoms with Gasteiger partial charge in [-0.15, -0.1) is 11.3 Å². The van der Waals surface area contributed by atoms with E-state index >= 15 is 0 Å². The van der Waals surface area contributed by atoms with Gasteiger partial charge in [-0.25, -0.2) is 4.39 Å². The monoisotopic (exact) mass is 368 g/mol. The molecule has 0 radical (unpaired) electrons. The summed E-state index contributed by atoms with van der Waals surface area (Å²) in [4.78, 5) is 13.5. The van der Waals surface area contributed by atoms with E-state index in [-0.39, 0.29) is 17.8 Å². The van der Waals surface area contributed by atoms with Crippen LogP contribution in [0.5, 0.6) is 0 Å². The summed E-state index contributed by atoms with van der Waals surface area (Å²) in [6.07, 6.45) is 0. The van der Waals surface area contributed by atoms with Crippen molar-refractivity contribution in [3.8, 4) is 10.4 Å². The number of halogens is 1. The first-order valence-corrected chi connectivity index (χ1v) is 9.28. The minimum atomic E-state index is -0.220. The van der Waals surface area contributed by atoms with Crippen molar-refractivity contribution in [3.63, 3.8) is 0 Å². The zero-order valence-electron chi connectivity index (χ0n) is 14.8. The predicted molar refractivity (Wildman–Crippen MR) is 106 cm³/mol. The largest absolute Gasteiger partial charge is 0.326 e. The van der Waals surface area contributed by atoms with E-state index < -0.39 is 0 Å². The average molecular weight is 368 g/mol. The highest BCUT2D eigenvalue weighted by Gasteiger charge is 2.08. The van der Waals surface area contributed by atoms with Crippen molar-refractivity contribution in [2.24, 2.45) is 0 Å². The van der Waals surface area contributed by atoms with Crippen LogP contribution in [-0.2, 0) is 11.3 Å². The number of benzene rings is 2. The van der Waals surface area contributed by atoms with E-state index in [4.69, 9.17) is 0 Å². The fraction of sp³-hybridized carbons (Fsp3) is 0.190. The van der Waals surface area contributed by atoms with Crippen LogP contribution in [0.15, 0.2) is 60.7 Å². The highest BCUT2D eigenvalue weighted by atomic mass is 32.1. The molecule has 26 heavy (non-hydrogen) atoms. The summed E-state index contributed by atoms with van der Waals surface area (Å²) in [6, 6.07) is 18.7. The van der Waals surface area contributed by atoms with E-state index in [0.29, 0.717) is 0 Å². The number of carbonyl (C=O) groups is 1. The third kappa shape index (κ3) is 4.77. The summed E-state index contributed by atoms with van der Waals surface area (Å²) in [5.41, 5.74) is 2.95. The molecule has 0 aliphatic rings. The molecule has 5 heteroatoms. The van der Waals surface area contributed by atoms with Gasteiger partial charge in [-0.1, -0.05) is 24.3 Å². The van der Waals surface area contributed by atoms with E-state index in [1.165, 1.54) is 23.9 Å². The van der Waals surface area contributed by atoms with Crippen LogP contribution >= 0.6 is 11.3 Å². The van der Waals surface area contributed by atoms with Gasteiger partial charge in [-0.05, 0) is 54.4 Å². The molecular formula is C21H21FN2OS. The third-order valence-corrected chi connectivity index (χ3v) is 5.21. The molecule has 1 atom stereocenters. The quantitative estimate of drug-likeness (QED) is 0.615. The lowest BCUT2D eigenvalue weighted by atomic mass is 10.1. The van der Waals surface area contributed by atoms with Crippen molar-refractivity contribution < 1.29 is 9.18 Å². The number of thiophene rings is 1. The fourth-order valence-corrected chi connectivity index (χ4v) is 3.67. The molecule has 1 aromatic heterocycles. The predicted octanol–water partition coefficient (Wildman–Crippen LogP) is 5.36. The van der Waals surface area contributed by atoms with E-state index in [1.807, 2.05) is 24.3 Å². The minimum Gasteiger partial charge on any atom is -0.326 e. The van der Waals surface area contributed by atoms with Crippen LogP contribution in [0.1, 0.15) is 30.3 Å². The Balaban J connectivity index is 1.62. The van der Waals surface area contributed by atoms with Gasteiger partial charge in [0.2, 0.25) is 5.91 Å². The number of carbonyl (C=O) groups excluding carboxylic acids is 1. The maximum Gasteiger partial charge on any atom is 0.221 e. The molecule has 1 amide bonds. The van der Waals surface area contributed by atoms with Gasteiger partial charge in [0.15, 0.2) is 0 Å². The number of amides is 1. The SMILES string of the molecule is CC(=O)Nc1cccc([C@H](C)NCc2ccc(-c3ccc(F)cc3)s2)c1. The summed E-state index contributed by atoms with van der Waals surface area (Å²) in [5, 5.41) is 6.32. The molecule has 0 bridgehead atoms. The Kier molecular flexibility index (Phi) is 5.81. The zero-order chi connectivity index (χ0) is 18.5. The number of nitrogens with one attached hydrogen (secondary N) is 2. The Morgan fingerprint density at radius 2 is 1.88 bits per heavy atom. The number of anilines is 1. The Morgan fingerprint density at radius 1 is 1.12 bits per heavy atom. The van der Waals surface area contributed by atoms with Crippen molar-refractivity contribution in [3.05, 3.63) is 76.9 Å². The van der Waals surface area contributed by atoms with Gasteiger partial charge in [0.25, 0.3) is 0 Å². The van der Waals surface area contributed by atoms with Crippen molar-refractivity contribution in [1.82, 2.24) is 5.32 Å². The van der Waals surface area contributed by atoms with E-state index in [9.17, 15) is 9.18 Å². The Bertz CT molecular complexity index is 889. The summed E-state index contributed by atoms with van der Waals surface area (Å²) in [5.74, 6) is -0.294. The Hall–Kier alpha value is -2.50. The standard InChI is InChI=1S/C21H21FN2OS/c1-14(17-4-3-5-19(12-17)24-15(2)25)23-13-20-10-11-21(26-20)16-6-8-18(22)9-7-16/h3-12,14,23H,13H2,1-2H3,(H,24,25)/t14-/m0/s1. The molecule has 3 aromatic rings. The fourth-order valence-electron chi connectivity index (χ4n) is 2.70. The molecule has 0 fully saturated rings. The molecule has 3 rings (SSSR count). The van der Waals surface area contributed by atoms with Gasteiger partial charge in [-0.3, -0.25) is 4.79 Å². The summed E-state index contributed by atoms with van der Waals surface area (Å²) in [7, 11) is 0. The second-order valence-electron chi connectivity index (χ2n) is 6.18. The van der Waals surface area contributed by atoms with Crippen LogP contribution in [0, 0.1) is 5.82 Å². The van der Waals surface area contributed by atoms with Crippen LogP contribution in [0.25, 0.3) is 10.4 Å². The molecule has 1 heterocycles. The maximum absolute atomic E-state index is 13.0. The van der Waals surface area contributed by atoms with Crippen LogP contribution in [0.4, 0.5) is 10.1 Å². The molecule has 0 aliphatic heterocycles. The third-order valence-electron chi connectivity index (χ3n) is 4.08. The van der Waals surface area contributed by atoms with Crippen LogP contribution in [0.2, 0.25) is 0 Å². The highest BCUT2D eigenvalue weighted by Crippen LogP contribution is 2.28. The molecule has 0 saturated carbocycles. The van der Waals surface area contributed by atoms with E-state index in [0.717, 1.165) is 28.2 Å². The topological polar surface area (TPSA) is 41.1 Å². The lowest BCUT2D eigenvalue weighted by molar-refractivity contribution is -0.114. The van der Waals surface area contributed by atoms with Crippen LogP contribution < -0.4 is 10.6 Å². The molecule has 0 unspecified atom stereocenters. The number of hydrogen-bond donors (Lipinski definition) is 2. The van der Waals surface area contributed by atoms with Gasteiger partial charge in [0.05, 0.1) is 0 Å². The minimum absolute atomic E-state index is 0.0744. The zero-order valence-corrected chi connectivity index (χ0v) is 15.6. The van der Waals surface area contributed by atoms with E-state index in [1.54, 1.807) is 23.5 Å². The smallest absolute Gasteiger partial charge is 0.221 e. The van der Waals surface area contributed by atoms with Crippen LogP contribution in [0.3, 0.4) is 0 Å². The number of rotatable bonds is 6. The molecule has 134 valence electrons. The van der Waals surface area contributed by atoms with Crippen molar-refractivity contribution in [1.29, 1.82) is 0 Å². The van der Waals surface area contributed by atoms with Gasteiger partial charge < -0.3 is 10.6 Å². The molecule has 2 N–H and O–H groups in total. The second-order valence-corrected chi connectivity index (χ2v) is 7.35.